The number of ether oxygens (including phenoxy) is 1. The topological polar surface area (TPSA) is 240 Å². The smallest absolute Gasteiger partial charge is 0.314 e. The van der Waals surface area contributed by atoms with Crippen LogP contribution in [0.15, 0.2) is 81.7 Å². The van der Waals surface area contributed by atoms with E-state index in [-0.39, 0.29) is 14.9 Å². The SMILES string of the molecule is C.C.CC(CO)(CO)C(=O)O.Cc1ccc(N=C=O)cc1N=C=O.N#COc1ccc(Cc2ccc(N=C=O)cc2)cc1.OCO. The van der Waals surface area contributed by atoms with Crippen LogP contribution in [0.2, 0.25) is 0 Å². The van der Waals surface area contributed by atoms with Gasteiger partial charge in [-0.05, 0) is 73.4 Å². The summed E-state index contributed by atoms with van der Waals surface area (Å²) >= 11 is 0. The molecule has 14 heteroatoms. The molecule has 0 spiro atoms. The normalized spacial score (nSPS) is 8.80. The highest BCUT2D eigenvalue weighted by Gasteiger charge is 2.31. The predicted molar refractivity (Wildman–Crippen MR) is 169 cm³/mol. The molecule has 3 aromatic carbocycles. The first-order valence-electron chi connectivity index (χ1n) is 12.3. The molecule has 0 atom stereocenters. The van der Waals surface area contributed by atoms with Crippen molar-refractivity contribution in [2.75, 3.05) is 20.0 Å². The van der Waals surface area contributed by atoms with Gasteiger partial charge in [0.15, 0.2) is 0 Å². The van der Waals surface area contributed by atoms with Gasteiger partial charge in [0.25, 0.3) is 6.26 Å². The molecule has 0 fully saturated rings. The van der Waals surface area contributed by atoms with Gasteiger partial charge < -0.3 is 30.3 Å². The maximum absolute atomic E-state index is 10.2. The number of aliphatic carboxylic acids is 1. The van der Waals surface area contributed by atoms with Gasteiger partial charge >= 0.3 is 5.97 Å². The van der Waals surface area contributed by atoms with Gasteiger partial charge in [0.1, 0.15) is 18.0 Å². The number of carbonyl (C=O) groups excluding carboxylic acids is 3. The number of aliphatic hydroxyl groups excluding tert-OH is 3. The van der Waals surface area contributed by atoms with E-state index in [1.807, 2.05) is 24.3 Å². The van der Waals surface area contributed by atoms with Gasteiger partial charge in [-0.15, -0.1) is 5.26 Å². The molecular weight excluding hydrogens is 600 g/mol. The molecule has 0 aliphatic carbocycles. The van der Waals surface area contributed by atoms with Crippen LogP contribution in [0, 0.1) is 23.9 Å². The number of nitriles is 1. The summed E-state index contributed by atoms with van der Waals surface area (Å²) in [4.78, 5) is 50.6. The number of aliphatic imine (C=N–C) groups is 3. The van der Waals surface area contributed by atoms with E-state index in [9.17, 15) is 19.2 Å². The minimum atomic E-state index is -1.39. The van der Waals surface area contributed by atoms with E-state index in [1.165, 1.54) is 31.2 Å². The maximum atomic E-state index is 10.2. The molecule has 3 aromatic rings. The second-order valence-electron chi connectivity index (χ2n) is 8.58. The van der Waals surface area contributed by atoms with Crippen molar-refractivity contribution in [2.24, 2.45) is 20.4 Å². The van der Waals surface area contributed by atoms with Gasteiger partial charge in [-0.2, -0.15) is 15.0 Å². The Bertz CT molecular complexity index is 1500. The van der Waals surface area contributed by atoms with Crippen molar-refractivity contribution in [3.05, 3.63) is 83.4 Å². The fourth-order valence-electron chi connectivity index (χ4n) is 2.78. The number of aliphatic hydroxyl groups is 4. The van der Waals surface area contributed by atoms with E-state index in [1.54, 1.807) is 49.6 Å². The van der Waals surface area contributed by atoms with Crippen molar-refractivity contribution in [1.82, 2.24) is 0 Å². The summed E-state index contributed by atoms with van der Waals surface area (Å²) in [6.45, 7) is 1.23. The first-order valence-corrected chi connectivity index (χ1v) is 12.3. The number of benzene rings is 3. The number of hydrogen-bond donors (Lipinski definition) is 5. The fourth-order valence-corrected chi connectivity index (χ4v) is 2.78. The van der Waals surface area contributed by atoms with Crippen LogP contribution >= 0.6 is 0 Å². The zero-order valence-electron chi connectivity index (χ0n) is 23.7. The summed E-state index contributed by atoms with van der Waals surface area (Å²) in [5.74, 6) is -0.658. The Kier molecular flexibility index (Phi) is 25.2. The molecule has 0 aromatic heterocycles. The van der Waals surface area contributed by atoms with E-state index in [0.717, 1.165) is 23.1 Å². The Morgan fingerprint density at radius 1 is 0.783 bits per heavy atom. The Morgan fingerprint density at radius 2 is 1.22 bits per heavy atom. The zero-order chi connectivity index (χ0) is 33.4. The standard InChI is InChI=1S/C15H10N2O2.C9H6N2O2.C5H10O4.CH4O2.2CH4/c16-10-19-15-7-3-13(4-8-15)9-12-1-5-14(6-2-12)17-11-18;1-7-2-3-8(10-5-12)4-9(7)11-6-13;1-5(2-6,3-7)4(8)9;2-1-3;;/h1-8H,9H2;2-4H,1H3;6-7H,2-3H2,1H3,(H,8,9);2-3H,1H2;2*1H4. The molecule has 0 amide bonds. The molecule has 0 aliphatic rings. The lowest BCUT2D eigenvalue weighted by atomic mass is 9.94. The van der Waals surface area contributed by atoms with Crippen molar-refractivity contribution in [1.29, 1.82) is 5.26 Å². The number of carbonyl (C=O) groups is 1. The van der Waals surface area contributed by atoms with Gasteiger partial charge in [0.05, 0.1) is 30.3 Å². The van der Waals surface area contributed by atoms with E-state index in [4.69, 9.17) is 35.5 Å². The minimum absolute atomic E-state index is 0. The van der Waals surface area contributed by atoms with Gasteiger partial charge in [-0.1, -0.05) is 45.2 Å². The predicted octanol–water partition coefficient (Wildman–Crippen LogP) is 4.30. The van der Waals surface area contributed by atoms with Crippen LogP contribution < -0.4 is 4.74 Å². The number of isocyanates is 3. The van der Waals surface area contributed by atoms with Crippen LogP contribution in [0.25, 0.3) is 0 Å². The molecule has 0 saturated heterocycles. The van der Waals surface area contributed by atoms with E-state index in [0.29, 0.717) is 22.8 Å². The molecule has 0 aliphatic heterocycles. The quantitative estimate of drug-likeness (QED) is 0.0958. The second kappa shape index (κ2) is 25.9. The third kappa shape index (κ3) is 17.5. The highest BCUT2D eigenvalue weighted by molar-refractivity contribution is 5.74. The number of aryl methyl sites for hydroxylation is 1. The Morgan fingerprint density at radius 3 is 1.61 bits per heavy atom. The molecule has 0 heterocycles. The third-order valence-electron chi connectivity index (χ3n) is 5.35. The highest BCUT2D eigenvalue weighted by atomic mass is 16.5. The molecule has 0 radical (unpaired) electrons. The van der Waals surface area contributed by atoms with Crippen molar-refractivity contribution in [3.63, 3.8) is 0 Å². The third-order valence-corrected chi connectivity index (χ3v) is 5.35. The summed E-state index contributed by atoms with van der Waals surface area (Å²) in [7, 11) is 0. The van der Waals surface area contributed by atoms with Crippen molar-refractivity contribution in [2.45, 2.75) is 35.1 Å². The van der Waals surface area contributed by atoms with E-state index >= 15 is 0 Å². The highest BCUT2D eigenvalue weighted by Crippen LogP contribution is 2.24. The molecule has 0 saturated carbocycles. The van der Waals surface area contributed by atoms with Crippen LogP contribution in [0.3, 0.4) is 0 Å². The van der Waals surface area contributed by atoms with Gasteiger partial charge in [0, 0.05) is 0 Å². The first kappa shape index (κ1) is 44.8. The fraction of sp³-hybridized carbons (Fsp3) is 0.281. The Balaban J connectivity index is -0.000000601. The van der Waals surface area contributed by atoms with Crippen molar-refractivity contribution in [3.8, 4) is 12.0 Å². The summed E-state index contributed by atoms with van der Waals surface area (Å²) in [5, 5.41) is 47.8. The largest absolute Gasteiger partial charge is 0.481 e. The van der Waals surface area contributed by atoms with Crippen LogP contribution in [-0.2, 0) is 25.6 Å². The Labute approximate surface area is 266 Å². The summed E-state index contributed by atoms with van der Waals surface area (Å²) in [6, 6.07) is 19.6. The van der Waals surface area contributed by atoms with E-state index in [2.05, 4.69) is 15.0 Å². The number of rotatable bonds is 9. The molecule has 3 rings (SSSR count). The average Bonchev–Trinajstić information content (AvgIpc) is 3.02. The first-order chi connectivity index (χ1) is 21.1. The summed E-state index contributed by atoms with van der Waals surface area (Å²) in [5.41, 5.74) is 3.14. The van der Waals surface area contributed by atoms with E-state index < -0.39 is 31.4 Å². The van der Waals surface area contributed by atoms with Crippen LogP contribution in [0.5, 0.6) is 5.75 Å². The van der Waals surface area contributed by atoms with Crippen LogP contribution in [0.1, 0.15) is 38.5 Å². The second-order valence-corrected chi connectivity index (χ2v) is 8.58. The lowest BCUT2D eigenvalue weighted by Gasteiger charge is -2.17. The molecule has 0 bridgehead atoms. The number of carboxylic acids is 1. The monoisotopic (exact) mass is 638 g/mol. The number of nitrogens with zero attached hydrogens (tertiary/aromatic N) is 4. The zero-order valence-corrected chi connectivity index (χ0v) is 23.7. The molecule has 0 unspecified atom stereocenters. The molecule has 46 heavy (non-hydrogen) atoms. The summed E-state index contributed by atoms with van der Waals surface area (Å²) in [6.07, 6.45) is 6.73. The molecular formula is C32H38N4O10. The molecule has 246 valence electrons. The Hall–Kier alpha value is -5.60. The van der Waals surface area contributed by atoms with Crippen molar-refractivity contribution >= 4 is 41.3 Å². The van der Waals surface area contributed by atoms with Crippen LogP contribution in [-0.4, -0.2) is 69.7 Å². The number of hydrogen-bond acceptors (Lipinski definition) is 13. The molecule has 5 N–H and O–H groups in total. The maximum Gasteiger partial charge on any atom is 0.314 e. The van der Waals surface area contributed by atoms with Gasteiger partial charge in [-0.3, -0.25) is 4.79 Å². The lowest BCUT2D eigenvalue weighted by Crippen LogP contribution is -2.35. The summed E-state index contributed by atoms with van der Waals surface area (Å²) < 4.78 is 4.71. The average molecular weight is 639 g/mol. The van der Waals surface area contributed by atoms with Gasteiger partial charge in [-0.25, -0.2) is 14.4 Å². The van der Waals surface area contributed by atoms with Gasteiger partial charge in [0.2, 0.25) is 18.2 Å². The van der Waals surface area contributed by atoms with Crippen LogP contribution in [0.4, 0.5) is 17.1 Å². The number of carboxylic acid groups (broad SMARTS) is 1. The minimum Gasteiger partial charge on any atom is -0.481 e. The lowest BCUT2D eigenvalue weighted by molar-refractivity contribution is -0.152. The molecule has 14 nitrogen and oxygen atoms in total. The van der Waals surface area contributed by atoms with Crippen molar-refractivity contribution < 1.29 is 49.4 Å².